The van der Waals surface area contributed by atoms with Gasteiger partial charge >= 0.3 is 5.69 Å². The molecule has 2 bridgehead atoms. The first-order chi connectivity index (χ1) is 11.9. The van der Waals surface area contributed by atoms with Gasteiger partial charge in [-0.05, 0) is 37.8 Å². The predicted molar refractivity (Wildman–Crippen MR) is 92.7 cm³/mol. The number of hydrogen-bond acceptors (Lipinski definition) is 5. The zero-order valence-corrected chi connectivity index (χ0v) is 14.3. The number of pyridine rings is 1. The maximum absolute atomic E-state index is 12.6. The molecule has 2 unspecified atom stereocenters. The lowest BCUT2D eigenvalue weighted by Crippen LogP contribution is -2.48. The minimum absolute atomic E-state index is 0.135. The minimum atomic E-state index is -0.461. The van der Waals surface area contributed by atoms with E-state index in [4.69, 9.17) is 0 Å². The van der Waals surface area contributed by atoms with Crippen molar-refractivity contribution >= 4 is 16.9 Å². The van der Waals surface area contributed by atoms with Crippen LogP contribution in [-0.4, -0.2) is 38.2 Å². The number of rotatable bonds is 2. The number of aromatic nitrogens is 3. The Bertz CT molecular complexity index is 965. The topological polar surface area (TPSA) is 98.0 Å². The molecular weight excluding hydrogens is 322 g/mol. The van der Waals surface area contributed by atoms with Crippen LogP contribution in [0.1, 0.15) is 36.2 Å². The van der Waals surface area contributed by atoms with Crippen molar-refractivity contribution in [3.8, 4) is 0 Å². The van der Waals surface area contributed by atoms with E-state index in [9.17, 15) is 14.4 Å². The number of nitrogens with zero attached hydrogens (tertiary/aromatic N) is 3. The fourth-order valence-corrected chi connectivity index (χ4v) is 4.02. The zero-order chi connectivity index (χ0) is 17.7. The summed E-state index contributed by atoms with van der Waals surface area (Å²) in [5.74, 6) is -0.263. The first-order valence-electron chi connectivity index (χ1n) is 8.57. The Morgan fingerprint density at radius 3 is 2.52 bits per heavy atom. The van der Waals surface area contributed by atoms with Gasteiger partial charge in [-0.3, -0.25) is 18.7 Å². The highest BCUT2D eigenvalue weighted by Gasteiger charge is 2.34. The van der Waals surface area contributed by atoms with Gasteiger partial charge in [-0.1, -0.05) is 0 Å². The highest BCUT2D eigenvalue weighted by atomic mass is 16.2. The lowest BCUT2D eigenvalue weighted by molar-refractivity contribution is 0.0919. The second kappa shape index (κ2) is 5.80. The highest BCUT2D eigenvalue weighted by Crippen LogP contribution is 2.26. The zero-order valence-electron chi connectivity index (χ0n) is 14.3. The van der Waals surface area contributed by atoms with Gasteiger partial charge < -0.3 is 10.6 Å². The van der Waals surface area contributed by atoms with Gasteiger partial charge in [0.25, 0.3) is 11.5 Å². The summed E-state index contributed by atoms with van der Waals surface area (Å²) in [7, 11) is 2.97. The summed E-state index contributed by atoms with van der Waals surface area (Å²) in [6, 6.07) is 4.20. The number of piperidine rings is 1. The van der Waals surface area contributed by atoms with Crippen molar-refractivity contribution in [1.82, 2.24) is 24.8 Å². The van der Waals surface area contributed by atoms with Gasteiger partial charge in [0.1, 0.15) is 11.3 Å². The van der Waals surface area contributed by atoms with Crippen molar-refractivity contribution in [1.29, 1.82) is 0 Å². The summed E-state index contributed by atoms with van der Waals surface area (Å²) in [5.41, 5.74) is -0.419. The van der Waals surface area contributed by atoms with Crippen LogP contribution < -0.4 is 21.9 Å². The van der Waals surface area contributed by atoms with Gasteiger partial charge in [0.15, 0.2) is 0 Å². The molecule has 0 spiro atoms. The lowest BCUT2D eigenvalue weighted by Gasteiger charge is -2.29. The quantitative estimate of drug-likeness (QED) is 0.776. The van der Waals surface area contributed by atoms with Crippen LogP contribution in [0.5, 0.6) is 0 Å². The van der Waals surface area contributed by atoms with Gasteiger partial charge in [0.2, 0.25) is 0 Å². The van der Waals surface area contributed by atoms with Crippen LogP contribution in [0.4, 0.5) is 0 Å². The third-order valence-corrected chi connectivity index (χ3v) is 5.34. The van der Waals surface area contributed by atoms with Crippen LogP contribution >= 0.6 is 0 Å². The van der Waals surface area contributed by atoms with E-state index in [1.54, 1.807) is 19.2 Å². The van der Waals surface area contributed by atoms with E-state index in [1.165, 1.54) is 11.6 Å². The molecule has 2 saturated heterocycles. The van der Waals surface area contributed by atoms with Crippen molar-refractivity contribution in [2.45, 2.75) is 43.8 Å². The van der Waals surface area contributed by atoms with E-state index in [2.05, 4.69) is 15.6 Å². The first-order valence-corrected chi connectivity index (χ1v) is 8.57. The second-order valence-corrected chi connectivity index (χ2v) is 7.05. The highest BCUT2D eigenvalue weighted by molar-refractivity contribution is 5.94. The predicted octanol–water partition coefficient (Wildman–Crippen LogP) is -0.355. The summed E-state index contributed by atoms with van der Waals surface area (Å²) in [4.78, 5) is 41.1. The van der Waals surface area contributed by atoms with Gasteiger partial charge in [-0.15, -0.1) is 0 Å². The van der Waals surface area contributed by atoms with Crippen LogP contribution in [-0.2, 0) is 14.1 Å². The normalized spacial score (nSPS) is 25.3. The third-order valence-electron chi connectivity index (χ3n) is 5.34. The Morgan fingerprint density at radius 1 is 1.16 bits per heavy atom. The molecule has 4 rings (SSSR count). The van der Waals surface area contributed by atoms with Gasteiger partial charge in [-0.25, -0.2) is 9.78 Å². The standard InChI is InChI=1S/C17H21N5O3/c1-21-14-12(16(24)22(2)17(21)25)5-6-13(20-14)15(23)19-11-7-9-3-4-10(8-11)18-9/h5-6,9-11,18H,3-4,7-8H2,1-2H3,(H,19,23). The number of carbonyl (C=O) groups is 1. The minimum Gasteiger partial charge on any atom is -0.348 e. The lowest BCUT2D eigenvalue weighted by atomic mass is 10.00. The van der Waals surface area contributed by atoms with Crippen molar-refractivity contribution in [2.75, 3.05) is 0 Å². The number of carbonyl (C=O) groups excluding carboxylic acids is 1. The number of amides is 1. The average molecular weight is 343 g/mol. The average Bonchev–Trinajstić information content (AvgIpc) is 2.96. The van der Waals surface area contributed by atoms with Crippen molar-refractivity contribution in [3.05, 3.63) is 38.7 Å². The summed E-state index contributed by atoms with van der Waals surface area (Å²) in [6.45, 7) is 0. The maximum atomic E-state index is 12.6. The Hall–Kier alpha value is -2.48. The van der Waals surface area contributed by atoms with Crippen molar-refractivity contribution in [3.63, 3.8) is 0 Å². The molecule has 0 aromatic carbocycles. The Balaban J connectivity index is 1.64. The van der Waals surface area contributed by atoms with Crippen LogP contribution in [0.25, 0.3) is 11.0 Å². The molecule has 2 aromatic rings. The summed E-state index contributed by atoms with van der Waals surface area (Å²) in [6.07, 6.45) is 4.18. The van der Waals surface area contributed by atoms with Gasteiger partial charge in [-0.2, -0.15) is 0 Å². The third kappa shape index (κ3) is 2.66. The first kappa shape index (κ1) is 16.0. The molecule has 4 heterocycles. The largest absolute Gasteiger partial charge is 0.348 e. The molecule has 0 aliphatic carbocycles. The molecule has 2 aromatic heterocycles. The molecule has 8 nitrogen and oxygen atoms in total. The molecule has 1 amide bonds. The molecule has 2 aliphatic heterocycles. The molecule has 0 saturated carbocycles. The fourth-order valence-electron chi connectivity index (χ4n) is 4.02. The molecule has 2 fully saturated rings. The van der Waals surface area contributed by atoms with E-state index in [0.29, 0.717) is 17.5 Å². The monoisotopic (exact) mass is 343 g/mol. The van der Waals surface area contributed by atoms with Crippen molar-refractivity contribution in [2.24, 2.45) is 14.1 Å². The summed E-state index contributed by atoms with van der Waals surface area (Å²) in [5, 5.41) is 6.91. The van der Waals surface area contributed by atoms with E-state index in [-0.39, 0.29) is 23.3 Å². The van der Waals surface area contributed by atoms with E-state index >= 15 is 0 Å². The second-order valence-electron chi connectivity index (χ2n) is 7.05. The van der Waals surface area contributed by atoms with Crippen LogP contribution in [0, 0.1) is 0 Å². The van der Waals surface area contributed by atoms with E-state index in [1.807, 2.05) is 0 Å². The van der Waals surface area contributed by atoms with Gasteiger partial charge in [0.05, 0.1) is 5.39 Å². The molecule has 2 aliphatic rings. The molecule has 8 heteroatoms. The summed E-state index contributed by atoms with van der Waals surface area (Å²) < 4.78 is 2.33. The Labute approximate surface area is 143 Å². The van der Waals surface area contributed by atoms with Crippen molar-refractivity contribution < 1.29 is 4.79 Å². The number of nitrogens with one attached hydrogen (secondary N) is 2. The van der Waals surface area contributed by atoms with Gasteiger partial charge in [0, 0.05) is 32.2 Å². The molecule has 0 radical (unpaired) electrons. The smallest absolute Gasteiger partial charge is 0.332 e. The number of hydrogen-bond donors (Lipinski definition) is 2. The number of aryl methyl sites for hydroxylation is 1. The van der Waals surface area contributed by atoms with Crippen LogP contribution in [0.3, 0.4) is 0 Å². The summed E-state index contributed by atoms with van der Waals surface area (Å²) >= 11 is 0. The molecule has 25 heavy (non-hydrogen) atoms. The fraction of sp³-hybridized carbons (Fsp3) is 0.529. The van der Waals surface area contributed by atoms with Crippen LogP contribution in [0.15, 0.2) is 21.7 Å². The van der Waals surface area contributed by atoms with E-state index in [0.717, 1.165) is 30.3 Å². The molecular formula is C17H21N5O3. The Kier molecular flexibility index (Phi) is 3.72. The Morgan fingerprint density at radius 2 is 1.84 bits per heavy atom. The maximum Gasteiger partial charge on any atom is 0.332 e. The number of fused-ring (bicyclic) bond motifs is 3. The molecule has 132 valence electrons. The molecule has 2 atom stereocenters. The SMILES string of the molecule is Cn1c(=O)c2ccc(C(=O)NC3CC4CCC(C3)N4)nc2n(C)c1=O. The van der Waals surface area contributed by atoms with E-state index < -0.39 is 11.2 Å². The van der Waals surface area contributed by atoms with Crippen LogP contribution in [0.2, 0.25) is 0 Å². The molecule has 2 N–H and O–H groups in total.